The Morgan fingerprint density at radius 2 is 2.21 bits per heavy atom. The van der Waals surface area contributed by atoms with E-state index < -0.39 is 42.5 Å². The van der Waals surface area contributed by atoms with Crippen molar-refractivity contribution in [1.29, 1.82) is 0 Å². The average molecular weight is 276 g/mol. The Morgan fingerprint density at radius 1 is 1.53 bits per heavy atom. The molecule has 1 saturated heterocycles. The lowest BCUT2D eigenvalue weighted by Crippen LogP contribution is -2.33. The van der Waals surface area contributed by atoms with Gasteiger partial charge in [0.15, 0.2) is 6.23 Å². The third-order valence-electron chi connectivity index (χ3n) is 2.85. The molecule has 0 saturated carbocycles. The van der Waals surface area contributed by atoms with Gasteiger partial charge in [-0.2, -0.15) is 9.37 Å². The van der Waals surface area contributed by atoms with E-state index in [1.165, 1.54) is 7.11 Å². The third-order valence-corrected chi connectivity index (χ3v) is 2.85. The highest BCUT2D eigenvalue weighted by Crippen LogP contribution is 2.31. The van der Waals surface area contributed by atoms with Gasteiger partial charge in [-0.05, 0) is 0 Å². The molecular formula is C10H13FN2O6. The average Bonchev–Trinajstić information content (AvgIpc) is 2.69. The molecule has 3 N–H and O–H groups in total. The SMILES string of the molecule is COc1nc(=O)c(F)cn1[C@@H]1O[C@H](CO)[C@@H](O)[C@H]1O. The van der Waals surface area contributed by atoms with Crippen LogP contribution in [0.25, 0.3) is 0 Å². The van der Waals surface area contributed by atoms with Crippen molar-refractivity contribution in [3.8, 4) is 6.01 Å². The second-order valence-electron chi connectivity index (χ2n) is 4.02. The first-order valence-corrected chi connectivity index (χ1v) is 5.44. The molecule has 1 aliphatic heterocycles. The highest BCUT2D eigenvalue weighted by Gasteiger charge is 2.44. The first kappa shape index (κ1) is 13.9. The van der Waals surface area contributed by atoms with E-state index in [0.717, 1.165) is 10.8 Å². The molecule has 1 aromatic rings. The molecule has 0 radical (unpaired) electrons. The first-order valence-electron chi connectivity index (χ1n) is 5.44. The molecule has 0 unspecified atom stereocenters. The maximum absolute atomic E-state index is 13.3. The molecule has 0 spiro atoms. The summed E-state index contributed by atoms with van der Waals surface area (Å²) in [7, 11) is 1.21. The van der Waals surface area contributed by atoms with Crippen molar-refractivity contribution >= 4 is 0 Å². The van der Waals surface area contributed by atoms with Crippen LogP contribution >= 0.6 is 0 Å². The van der Waals surface area contributed by atoms with Crippen LogP contribution in [0.1, 0.15) is 6.23 Å². The van der Waals surface area contributed by atoms with Gasteiger partial charge in [0.1, 0.15) is 18.3 Å². The van der Waals surface area contributed by atoms with Gasteiger partial charge in [0.25, 0.3) is 0 Å². The Labute approximate surface area is 106 Å². The van der Waals surface area contributed by atoms with E-state index in [1.54, 1.807) is 0 Å². The van der Waals surface area contributed by atoms with Gasteiger partial charge in [0.05, 0.1) is 19.9 Å². The van der Waals surface area contributed by atoms with E-state index in [2.05, 4.69) is 4.98 Å². The summed E-state index contributed by atoms with van der Waals surface area (Å²) in [4.78, 5) is 14.4. The van der Waals surface area contributed by atoms with Crippen molar-refractivity contribution in [1.82, 2.24) is 9.55 Å². The molecule has 0 amide bonds. The van der Waals surface area contributed by atoms with Gasteiger partial charge in [0.2, 0.25) is 5.82 Å². The number of aromatic nitrogens is 2. The highest BCUT2D eigenvalue weighted by atomic mass is 19.1. The van der Waals surface area contributed by atoms with E-state index in [-0.39, 0.29) is 6.01 Å². The number of ether oxygens (including phenoxy) is 2. The van der Waals surface area contributed by atoms with Crippen LogP contribution in [0.5, 0.6) is 6.01 Å². The van der Waals surface area contributed by atoms with E-state index in [9.17, 15) is 19.4 Å². The van der Waals surface area contributed by atoms with Crippen molar-refractivity contribution in [2.75, 3.05) is 13.7 Å². The lowest BCUT2D eigenvalue weighted by atomic mass is 10.1. The lowest BCUT2D eigenvalue weighted by Gasteiger charge is -2.20. The Kier molecular flexibility index (Phi) is 3.80. The molecule has 1 aliphatic rings. The van der Waals surface area contributed by atoms with Crippen LogP contribution in [0.3, 0.4) is 0 Å². The number of rotatable bonds is 3. The molecule has 2 heterocycles. The summed E-state index contributed by atoms with van der Waals surface area (Å²) in [6, 6.07) is -0.277. The fourth-order valence-electron chi connectivity index (χ4n) is 1.87. The molecule has 4 atom stereocenters. The molecule has 19 heavy (non-hydrogen) atoms. The predicted molar refractivity (Wildman–Crippen MR) is 58.0 cm³/mol. The number of hydrogen-bond donors (Lipinski definition) is 3. The number of nitrogens with zero attached hydrogens (tertiary/aromatic N) is 2. The first-order chi connectivity index (χ1) is 8.99. The lowest BCUT2D eigenvalue weighted by molar-refractivity contribution is -0.0568. The molecule has 0 aromatic carbocycles. The van der Waals surface area contributed by atoms with Crippen molar-refractivity contribution in [2.45, 2.75) is 24.5 Å². The smallest absolute Gasteiger partial charge is 0.311 e. The van der Waals surface area contributed by atoms with Crippen molar-refractivity contribution in [3.05, 3.63) is 22.4 Å². The van der Waals surface area contributed by atoms with E-state index >= 15 is 0 Å². The number of hydrogen-bond acceptors (Lipinski definition) is 7. The predicted octanol–water partition coefficient (Wildman–Crippen LogP) is -2.00. The van der Waals surface area contributed by atoms with Gasteiger partial charge >= 0.3 is 11.6 Å². The molecule has 2 rings (SSSR count). The quantitative estimate of drug-likeness (QED) is 0.585. The fourth-order valence-corrected chi connectivity index (χ4v) is 1.87. The van der Waals surface area contributed by atoms with E-state index in [0.29, 0.717) is 0 Å². The zero-order chi connectivity index (χ0) is 14.2. The summed E-state index contributed by atoms with van der Waals surface area (Å²) >= 11 is 0. The Hall–Kier alpha value is -1.55. The molecule has 9 heteroatoms. The highest BCUT2D eigenvalue weighted by molar-refractivity contribution is 5.04. The van der Waals surface area contributed by atoms with Gasteiger partial charge < -0.3 is 24.8 Å². The van der Waals surface area contributed by atoms with Gasteiger partial charge in [-0.25, -0.2) is 0 Å². The Morgan fingerprint density at radius 3 is 2.74 bits per heavy atom. The maximum Gasteiger partial charge on any atom is 0.311 e. The molecule has 106 valence electrons. The van der Waals surface area contributed by atoms with Crippen LogP contribution < -0.4 is 10.3 Å². The van der Waals surface area contributed by atoms with Crippen LogP contribution in [0, 0.1) is 5.82 Å². The zero-order valence-electron chi connectivity index (χ0n) is 9.93. The van der Waals surface area contributed by atoms with Gasteiger partial charge in [-0.3, -0.25) is 9.36 Å². The topological polar surface area (TPSA) is 114 Å². The summed E-state index contributed by atoms with van der Waals surface area (Å²) in [5.41, 5.74) is -1.11. The summed E-state index contributed by atoms with van der Waals surface area (Å²) in [5, 5.41) is 28.4. The molecule has 1 aromatic heterocycles. The summed E-state index contributed by atoms with van der Waals surface area (Å²) in [5.74, 6) is -1.15. The molecule has 0 aliphatic carbocycles. The minimum absolute atomic E-state index is 0.277. The van der Waals surface area contributed by atoms with E-state index in [4.69, 9.17) is 14.6 Å². The number of aliphatic hydroxyl groups is 3. The van der Waals surface area contributed by atoms with Crippen molar-refractivity contribution in [2.24, 2.45) is 0 Å². The van der Waals surface area contributed by atoms with E-state index in [1.807, 2.05) is 0 Å². The minimum Gasteiger partial charge on any atom is -0.468 e. The zero-order valence-corrected chi connectivity index (χ0v) is 9.93. The monoisotopic (exact) mass is 276 g/mol. The molecule has 1 fully saturated rings. The number of halogens is 1. The molecule has 0 bridgehead atoms. The summed E-state index contributed by atoms with van der Waals surface area (Å²) in [6.07, 6.45) is -4.25. The Bertz CT molecular complexity index is 521. The van der Waals surface area contributed by atoms with Gasteiger partial charge in [0, 0.05) is 0 Å². The largest absolute Gasteiger partial charge is 0.468 e. The minimum atomic E-state index is -1.42. The third kappa shape index (κ3) is 2.32. The standard InChI is InChI=1S/C10H13FN2O6/c1-18-10-12-8(17)4(11)2-13(10)9-7(16)6(15)5(3-14)19-9/h2,5-7,9,14-16H,3H2,1H3/t5-,6-,7-,9-/m1/s1. The molecular weight excluding hydrogens is 263 g/mol. The molecule has 8 nitrogen and oxygen atoms in total. The summed E-state index contributed by atoms with van der Waals surface area (Å²) in [6.45, 7) is -0.521. The van der Waals surface area contributed by atoms with Crippen LogP contribution in [-0.4, -0.2) is 56.9 Å². The van der Waals surface area contributed by atoms with Crippen LogP contribution in [0.4, 0.5) is 4.39 Å². The summed E-state index contributed by atoms with van der Waals surface area (Å²) < 4.78 is 24.2. The number of aliphatic hydroxyl groups excluding tert-OH is 3. The fraction of sp³-hybridized carbons (Fsp3) is 0.600. The second-order valence-corrected chi connectivity index (χ2v) is 4.02. The second kappa shape index (κ2) is 5.21. The van der Waals surface area contributed by atoms with Crippen molar-refractivity contribution < 1.29 is 29.2 Å². The number of methoxy groups -OCH3 is 1. The van der Waals surface area contributed by atoms with Crippen molar-refractivity contribution in [3.63, 3.8) is 0 Å². The van der Waals surface area contributed by atoms with Crippen LogP contribution in [-0.2, 0) is 4.74 Å². The van der Waals surface area contributed by atoms with Crippen LogP contribution in [0.2, 0.25) is 0 Å². The normalized spacial score (nSPS) is 30.6. The maximum atomic E-state index is 13.3. The van der Waals surface area contributed by atoms with Gasteiger partial charge in [-0.1, -0.05) is 0 Å². The van der Waals surface area contributed by atoms with Gasteiger partial charge in [-0.15, -0.1) is 0 Å². The Balaban J connectivity index is 2.42. The van der Waals surface area contributed by atoms with Crippen LogP contribution in [0.15, 0.2) is 11.0 Å².